The molecule has 0 aromatic heterocycles. The first-order chi connectivity index (χ1) is 19.0. The van der Waals surface area contributed by atoms with Crippen molar-refractivity contribution in [1.82, 2.24) is 0 Å². The largest absolute Gasteiger partial charge is 0.499 e. The maximum atomic E-state index is 12.4. The number of ketones is 2. The Bertz CT molecular complexity index is 1010. The Balaban J connectivity index is 2.67. The number of hydrogen-bond donors (Lipinski definition) is 1. The predicted octanol–water partition coefficient (Wildman–Crippen LogP) is 3.84. The van der Waals surface area contributed by atoms with E-state index in [1.54, 1.807) is 55.7 Å². The summed E-state index contributed by atoms with van der Waals surface area (Å²) in [6.07, 6.45) is 10.7. The Kier molecular flexibility index (Phi) is 18.4. The van der Waals surface area contributed by atoms with Crippen LogP contribution in [0.4, 0.5) is 0 Å². The molecule has 0 aliphatic heterocycles. The lowest BCUT2D eigenvalue weighted by molar-refractivity contribution is -0.121. The molecule has 9 nitrogen and oxygen atoms in total. The lowest BCUT2D eigenvalue weighted by Crippen LogP contribution is -2.13. The van der Waals surface area contributed by atoms with E-state index in [0.717, 1.165) is 5.56 Å². The van der Waals surface area contributed by atoms with Gasteiger partial charge < -0.3 is 34.2 Å². The van der Waals surface area contributed by atoms with Gasteiger partial charge in [0.05, 0.1) is 47.1 Å². The molecule has 0 aliphatic carbocycles. The first-order valence-electron chi connectivity index (χ1n) is 12.7. The molecule has 0 bridgehead atoms. The predicted molar refractivity (Wildman–Crippen MR) is 152 cm³/mol. The van der Waals surface area contributed by atoms with E-state index in [1.807, 2.05) is 6.92 Å². The van der Waals surface area contributed by atoms with E-state index in [9.17, 15) is 9.59 Å². The number of carbonyl (C=O) groups excluding carboxylic acids is 2. The van der Waals surface area contributed by atoms with Crippen molar-refractivity contribution in [1.29, 1.82) is 0 Å². The first kappa shape index (κ1) is 33.5. The minimum absolute atomic E-state index is 0.229. The summed E-state index contributed by atoms with van der Waals surface area (Å²) in [6, 6.07) is 5.32. The van der Waals surface area contributed by atoms with Crippen LogP contribution < -0.4 is 15.2 Å². The van der Waals surface area contributed by atoms with Crippen molar-refractivity contribution in [2.45, 2.75) is 13.3 Å². The maximum absolute atomic E-state index is 12.4. The summed E-state index contributed by atoms with van der Waals surface area (Å²) in [7, 11) is 3.07. The number of benzene rings is 1. The number of hydrogen-bond acceptors (Lipinski definition) is 9. The van der Waals surface area contributed by atoms with Gasteiger partial charge in [0.15, 0.2) is 23.1 Å². The molecule has 0 atom stereocenters. The van der Waals surface area contributed by atoms with E-state index in [1.165, 1.54) is 19.3 Å². The second kappa shape index (κ2) is 21.4. The summed E-state index contributed by atoms with van der Waals surface area (Å²) in [5, 5.41) is 0. The first-order valence-corrected chi connectivity index (χ1v) is 12.7. The van der Waals surface area contributed by atoms with E-state index in [2.05, 4.69) is 6.58 Å². The lowest BCUT2D eigenvalue weighted by Gasteiger charge is -2.11. The van der Waals surface area contributed by atoms with Crippen LogP contribution in [-0.4, -0.2) is 78.6 Å². The minimum Gasteiger partial charge on any atom is -0.499 e. The molecule has 214 valence electrons. The van der Waals surface area contributed by atoms with Crippen molar-refractivity contribution in [3.63, 3.8) is 0 Å². The molecule has 0 amide bonds. The molecule has 0 saturated heterocycles. The van der Waals surface area contributed by atoms with Gasteiger partial charge in [-0.2, -0.15) is 0 Å². The van der Waals surface area contributed by atoms with Crippen LogP contribution in [0.5, 0.6) is 11.5 Å². The molecule has 1 aromatic rings. The van der Waals surface area contributed by atoms with Crippen LogP contribution in [0.2, 0.25) is 0 Å². The molecule has 1 rings (SSSR count). The van der Waals surface area contributed by atoms with E-state index >= 15 is 0 Å². The summed E-state index contributed by atoms with van der Waals surface area (Å²) < 4.78 is 32.4. The Morgan fingerprint density at radius 3 is 2.36 bits per heavy atom. The minimum atomic E-state index is -0.337. The van der Waals surface area contributed by atoms with Crippen molar-refractivity contribution in [2.24, 2.45) is 5.73 Å². The summed E-state index contributed by atoms with van der Waals surface area (Å²) in [5.41, 5.74) is 6.77. The van der Waals surface area contributed by atoms with Crippen molar-refractivity contribution in [3.05, 3.63) is 78.1 Å². The van der Waals surface area contributed by atoms with Crippen LogP contribution in [0.15, 0.2) is 72.6 Å². The average molecular weight is 544 g/mol. The molecule has 0 heterocycles. The van der Waals surface area contributed by atoms with Crippen molar-refractivity contribution in [2.75, 3.05) is 67.0 Å². The Morgan fingerprint density at radius 2 is 1.67 bits per heavy atom. The quantitative estimate of drug-likeness (QED) is 0.0766. The normalized spacial score (nSPS) is 12.2. The highest BCUT2D eigenvalue weighted by atomic mass is 16.5. The third kappa shape index (κ3) is 15.5. The van der Waals surface area contributed by atoms with Gasteiger partial charge in [0.2, 0.25) is 0 Å². The topological polar surface area (TPSA) is 116 Å². The highest BCUT2D eigenvalue weighted by molar-refractivity contribution is 6.09. The zero-order valence-corrected chi connectivity index (χ0v) is 23.2. The molecular formula is C30H41NO8. The monoisotopic (exact) mass is 543 g/mol. The summed E-state index contributed by atoms with van der Waals surface area (Å²) in [4.78, 5) is 24.7. The fourth-order valence-corrected chi connectivity index (χ4v) is 3.04. The third-order valence-corrected chi connectivity index (χ3v) is 4.93. The van der Waals surface area contributed by atoms with Crippen LogP contribution >= 0.6 is 0 Å². The van der Waals surface area contributed by atoms with E-state index in [0.29, 0.717) is 69.0 Å². The van der Waals surface area contributed by atoms with Crippen LogP contribution in [0.25, 0.3) is 6.08 Å². The van der Waals surface area contributed by atoms with E-state index in [-0.39, 0.29) is 24.6 Å². The van der Waals surface area contributed by atoms with Crippen LogP contribution in [0, 0.1) is 0 Å². The number of carbonyl (C=O) groups is 2. The average Bonchev–Trinajstić information content (AvgIpc) is 2.94. The van der Waals surface area contributed by atoms with Crippen LogP contribution in [0.3, 0.4) is 0 Å². The number of allylic oxidation sites excluding steroid dienone is 7. The Morgan fingerprint density at radius 1 is 0.923 bits per heavy atom. The SMILES string of the molecule is C=C/C=C(/C=C/C(=O)CC(=O)/C=C/c1ccc(OCCOCC)c(OC)c1)\C=C(/COCCOCCN)OC. The molecule has 0 spiro atoms. The second-order valence-electron chi connectivity index (χ2n) is 7.90. The molecule has 2 N–H and O–H groups in total. The second-order valence-corrected chi connectivity index (χ2v) is 7.90. The summed E-state index contributed by atoms with van der Waals surface area (Å²) in [6.45, 7) is 9.11. The zero-order valence-electron chi connectivity index (χ0n) is 23.2. The third-order valence-electron chi connectivity index (χ3n) is 4.93. The fourth-order valence-electron chi connectivity index (χ4n) is 3.04. The molecule has 39 heavy (non-hydrogen) atoms. The van der Waals surface area contributed by atoms with Gasteiger partial charge in [-0.25, -0.2) is 0 Å². The molecule has 0 saturated carbocycles. The highest BCUT2D eigenvalue weighted by Crippen LogP contribution is 2.28. The molecule has 0 fully saturated rings. The molecule has 0 radical (unpaired) electrons. The van der Waals surface area contributed by atoms with Gasteiger partial charge in [-0.15, -0.1) is 0 Å². The van der Waals surface area contributed by atoms with E-state index in [4.69, 9.17) is 34.2 Å². The standard InChI is InChI=1S/C30H41NO8/c1-5-7-24(20-28(34-3)23-38-17-16-37-15-14-31)8-11-26(32)22-27(33)12-9-25-10-13-29(30(21-25)35-4)39-19-18-36-6-2/h5,7-13,20-21H,1,6,14-19,22-23,31H2,2-4H3/b11-8+,12-9+,24-7-,28-20+. The molecule has 9 heteroatoms. The van der Waals surface area contributed by atoms with Gasteiger partial charge in [-0.3, -0.25) is 9.59 Å². The molecule has 1 aromatic carbocycles. The van der Waals surface area contributed by atoms with Gasteiger partial charge in [-0.1, -0.05) is 36.9 Å². The maximum Gasteiger partial charge on any atom is 0.163 e. The van der Waals surface area contributed by atoms with Gasteiger partial charge in [0.1, 0.15) is 19.0 Å². The van der Waals surface area contributed by atoms with Gasteiger partial charge in [-0.05, 0) is 48.4 Å². The van der Waals surface area contributed by atoms with Gasteiger partial charge >= 0.3 is 0 Å². The van der Waals surface area contributed by atoms with Gasteiger partial charge in [0, 0.05) is 13.2 Å². The van der Waals surface area contributed by atoms with Crippen LogP contribution in [-0.2, 0) is 28.5 Å². The smallest absolute Gasteiger partial charge is 0.163 e. The Hall–Kier alpha value is -3.50. The molecular weight excluding hydrogens is 502 g/mol. The Labute approximate surface area is 231 Å². The zero-order chi connectivity index (χ0) is 28.7. The van der Waals surface area contributed by atoms with Crippen molar-refractivity contribution >= 4 is 17.6 Å². The van der Waals surface area contributed by atoms with Gasteiger partial charge in [0.25, 0.3) is 0 Å². The van der Waals surface area contributed by atoms with Crippen LogP contribution in [0.1, 0.15) is 18.9 Å². The van der Waals surface area contributed by atoms with E-state index < -0.39 is 0 Å². The molecule has 0 unspecified atom stereocenters. The number of methoxy groups -OCH3 is 2. The summed E-state index contributed by atoms with van der Waals surface area (Å²) >= 11 is 0. The fraction of sp³-hybridized carbons (Fsp3) is 0.400. The summed E-state index contributed by atoms with van der Waals surface area (Å²) in [5.74, 6) is 1.01. The number of nitrogens with two attached hydrogens (primary N) is 1. The number of rotatable bonds is 22. The lowest BCUT2D eigenvalue weighted by atomic mass is 10.1. The molecule has 0 aliphatic rings. The number of ether oxygens (including phenoxy) is 6. The highest BCUT2D eigenvalue weighted by Gasteiger charge is 2.07. The van der Waals surface area contributed by atoms with Crippen molar-refractivity contribution in [3.8, 4) is 11.5 Å². The van der Waals surface area contributed by atoms with Crippen molar-refractivity contribution < 1.29 is 38.0 Å².